The lowest BCUT2D eigenvalue weighted by molar-refractivity contribution is -0.135. The van der Waals surface area contributed by atoms with Gasteiger partial charge in [0.05, 0.1) is 12.6 Å². The van der Waals surface area contributed by atoms with E-state index in [0.29, 0.717) is 6.54 Å². The Balaban J connectivity index is 1.57. The van der Waals surface area contributed by atoms with E-state index in [2.05, 4.69) is 40.0 Å². The molecule has 0 radical (unpaired) electrons. The van der Waals surface area contributed by atoms with Crippen molar-refractivity contribution in [1.29, 1.82) is 0 Å². The molecule has 3 heterocycles. The number of anilines is 1. The monoisotopic (exact) mass is 415 g/mol. The van der Waals surface area contributed by atoms with Gasteiger partial charge in [-0.25, -0.2) is 9.98 Å². The van der Waals surface area contributed by atoms with Crippen LogP contribution in [0.2, 0.25) is 0 Å². The molecule has 1 unspecified atom stereocenters. The Morgan fingerprint density at radius 1 is 1.17 bits per heavy atom. The summed E-state index contributed by atoms with van der Waals surface area (Å²) in [5, 5.41) is 3.43. The molecule has 8 nitrogen and oxygen atoms in total. The molecule has 2 aliphatic rings. The normalized spacial score (nSPS) is 19.1. The summed E-state index contributed by atoms with van der Waals surface area (Å²) >= 11 is 0. The van der Waals surface area contributed by atoms with Crippen LogP contribution in [0.15, 0.2) is 23.3 Å². The van der Waals surface area contributed by atoms with Crippen LogP contribution in [0, 0.1) is 0 Å². The van der Waals surface area contributed by atoms with E-state index in [0.717, 1.165) is 76.0 Å². The zero-order valence-corrected chi connectivity index (χ0v) is 19.0. The van der Waals surface area contributed by atoms with Gasteiger partial charge in [-0.3, -0.25) is 9.69 Å². The second-order valence-electron chi connectivity index (χ2n) is 8.32. The van der Waals surface area contributed by atoms with Crippen LogP contribution >= 0.6 is 0 Å². The van der Waals surface area contributed by atoms with E-state index in [9.17, 15) is 4.79 Å². The average Bonchev–Trinajstić information content (AvgIpc) is 3.31. The Hall–Kier alpha value is -2.35. The molecule has 0 saturated carbocycles. The second-order valence-corrected chi connectivity index (χ2v) is 8.32. The number of piperazine rings is 1. The third kappa shape index (κ3) is 5.62. The Kier molecular flexibility index (Phi) is 7.90. The van der Waals surface area contributed by atoms with Gasteiger partial charge < -0.3 is 20.0 Å². The first kappa shape index (κ1) is 22.3. The fourth-order valence-corrected chi connectivity index (χ4v) is 4.07. The SMILES string of the molecule is CCNC(=NCc1ccnc(N(C)C)c1)N1CCN(C(C)C(=O)N2CCCC2)CC1. The average molecular weight is 416 g/mol. The van der Waals surface area contributed by atoms with Crippen LogP contribution in [-0.2, 0) is 11.3 Å². The number of likely N-dealkylation sites (tertiary alicyclic amines) is 1. The van der Waals surface area contributed by atoms with E-state index in [1.54, 1.807) is 0 Å². The number of rotatable bonds is 6. The summed E-state index contributed by atoms with van der Waals surface area (Å²) in [7, 11) is 3.99. The summed E-state index contributed by atoms with van der Waals surface area (Å²) < 4.78 is 0. The number of carbonyl (C=O) groups is 1. The molecule has 2 aliphatic heterocycles. The summed E-state index contributed by atoms with van der Waals surface area (Å²) in [4.78, 5) is 30.6. The topological polar surface area (TPSA) is 67.3 Å². The maximum Gasteiger partial charge on any atom is 0.239 e. The van der Waals surface area contributed by atoms with Crippen LogP contribution in [0.5, 0.6) is 0 Å². The maximum absolute atomic E-state index is 12.7. The van der Waals surface area contributed by atoms with Crippen molar-refractivity contribution >= 4 is 17.7 Å². The Bertz CT molecular complexity index is 722. The van der Waals surface area contributed by atoms with Crippen molar-refractivity contribution in [2.24, 2.45) is 4.99 Å². The molecule has 2 fully saturated rings. The van der Waals surface area contributed by atoms with E-state index >= 15 is 0 Å². The molecule has 8 heteroatoms. The van der Waals surface area contributed by atoms with Gasteiger partial charge in [-0.2, -0.15) is 0 Å². The predicted octanol–water partition coefficient (Wildman–Crippen LogP) is 1.24. The number of carbonyl (C=O) groups excluding carboxylic acids is 1. The standard InChI is InChI=1S/C22H37N7O/c1-5-23-22(25-17-19-8-9-24-20(16-19)26(3)4)29-14-12-27(13-15-29)18(2)21(30)28-10-6-7-11-28/h8-9,16,18H,5-7,10-15,17H2,1-4H3,(H,23,25). The summed E-state index contributed by atoms with van der Waals surface area (Å²) in [5.41, 5.74) is 1.15. The third-order valence-corrected chi connectivity index (χ3v) is 5.95. The smallest absolute Gasteiger partial charge is 0.239 e. The van der Waals surface area contributed by atoms with Crippen molar-refractivity contribution < 1.29 is 4.79 Å². The molecule has 3 rings (SSSR count). The molecule has 0 aromatic carbocycles. The lowest BCUT2D eigenvalue weighted by Gasteiger charge is -2.39. The van der Waals surface area contributed by atoms with Gasteiger partial charge in [0.1, 0.15) is 5.82 Å². The van der Waals surface area contributed by atoms with Gasteiger partial charge in [-0.15, -0.1) is 0 Å². The van der Waals surface area contributed by atoms with Crippen LogP contribution in [-0.4, -0.2) is 97.5 Å². The molecule has 1 aromatic heterocycles. The first-order valence-electron chi connectivity index (χ1n) is 11.2. The van der Waals surface area contributed by atoms with Gasteiger partial charge >= 0.3 is 0 Å². The van der Waals surface area contributed by atoms with E-state index in [-0.39, 0.29) is 11.9 Å². The number of hydrogen-bond donors (Lipinski definition) is 1. The molecule has 2 saturated heterocycles. The van der Waals surface area contributed by atoms with E-state index in [4.69, 9.17) is 4.99 Å². The van der Waals surface area contributed by atoms with E-state index in [1.807, 2.05) is 36.2 Å². The number of aliphatic imine (C=N–C) groups is 1. The van der Waals surface area contributed by atoms with Gasteiger partial charge in [0.25, 0.3) is 0 Å². The van der Waals surface area contributed by atoms with Crippen molar-refractivity contribution in [2.45, 2.75) is 39.3 Å². The number of guanidine groups is 1. The highest BCUT2D eigenvalue weighted by Gasteiger charge is 2.30. The van der Waals surface area contributed by atoms with Crippen LogP contribution in [0.3, 0.4) is 0 Å². The molecule has 1 atom stereocenters. The van der Waals surface area contributed by atoms with Gasteiger partial charge in [0, 0.05) is 66.1 Å². The molecular weight excluding hydrogens is 378 g/mol. The zero-order valence-electron chi connectivity index (χ0n) is 19.0. The minimum Gasteiger partial charge on any atom is -0.363 e. The zero-order chi connectivity index (χ0) is 21.5. The summed E-state index contributed by atoms with van der Waals surface area (Å²) in [6, 6.07) is 4.06. The lowest BCUT2D eigenvalue weighted by Crippen LogP contribution is -2.57. The molecule has 1 amide bonds. The van der Waals surface area contributed by atoms with Crippen molar-refractivity contribution in [3.8, 4) is 0 Å². The summed E-state index contributed by atoms with van der Waals surface area (Å²) in [6.45, 7) is 11.0. The number of aromatic nitrogens is 1. The number of pyridine rings is 1. The fourth-order valence-electron chi connectivity index (χ4n) is 4.07. The number of amides is 1. The van der Waals surface area contributed by atoms with Gasteiger partial charge in [0.2, 0.25) is 5.91 Å². The molecule has 1 aromatic rings. The van der Waals surface area contributed by atoms with Crippen molar-refractivity contribution in [1.82, 2.24) is 25.0 Å². The molecule has 166 valence electrons. The highest BCUT2D eigenvalue weighted by Crippen LogP contribution is 2.15. The predicted molar refractivity (Wildman–Crippen MR) is 122 cm³/mol. The minimum absolute atomic E-state index is 0.0361. The highest BCUT2D eigenvalue weighted by atomic mass is 16.2. The quantitative estimate of drug-likeness (QED) is 0.557. The molecule has 0 bridgehead atoms. The van der Waals surface area contributed by atoms with Gasteiger partial charge in [-0.05, 0) is 44.4 Å². The maximum atomic E-state index is 12.7. The van der Waals surface area contributed by atoms with E-state index in [1.165, 1.54) is 0 Å². The molecule has 0 aliphatic carbocycles. The van der Waals surface area contributed by atoms with Crippen LogP contribution in [0.1, 0.15) is 32.3 Å². The highest BCUT2D eigenvalue weighted by molar-refractivity contribution is 5.82. The summed E-state index contributed by atoms with van der Waals surface area (Å²) in [5.74, 6) is 2.17. The molecule has 0 spiro atoms. The Labute approximate surface area is 180 Å². The second kappa shape index (κ2) is 10.6. The molecule has 1 N–H and O–H groups in total. The van der Waals surface area contributed by atoms with Crippen molar-refractivity contribution in [2.75, 3.05) is 64.8 Å². The molecule has 30 heavy (non-hydrogen) atoms. The lowest BCUT2D eigenvalue weighted by atomic mass is 10.2. The van der Waals surface area contributed by atoms with Gasteiger partial charge in [-0.1, -0.05) is 0 Å². The number of hydrogen-bond acceptors (Lipinski definition) is 5. The van der Waals surface area contributed by atoms with Crippen LogP contribution < -0.4 is 10.2 Å². The van der Waals surface area contributed by atoms with Crippen molar-refractivity contribution in [3.63, 3.8) is 0 Å². The Morgan fingerprint density at radius 3 is 2.50 bits per heavy atom. The molecular formula is C22H37N7O. The van der Waals surface area contributed by atoms with Gasteiger partial charge in [0.15, 0.2) is 5.96 Å². The number of nitrogens with one attached hydrogen (secondary N) is 1. The minimum atomic E-state index is -0.0361. The first-order valence-corrected chi connectivity index (χ1v) is 11.2. The Morgan fingerprint density at radius 2 is 1.87 bits per heavy atom. The number of nitrogens with zero attached hydrogens (tertiary/aromatic N) is 6. The van der Waals surface area contributed by atoms with E-state index < -0.39 is 0 Å². The third-order valence-electron chi connectivity index (χ3n) is 5.95. The fraction of sp³-hybridized carbons (Fsp3) is 0.682. The first-order chi connectivity index (χ1) is 14.5. The van der Waals surface area contributed by atoms with Crippen molar-refractivity contribution in [3.05, 3.63) is 23.9 Å². The summed E-state index contributed by atoms with van der Waals surface area (Å²) in [6.07, 6.45) is 4.12. The van der Waals surface area contributed by atoms with Crippen LogP contribution in [0.4, 0.5) is 5.82 Å². The largest absolute Gasteiger partial charge is 0.363 e. The van der Waals surface area contributed by atoms with Crippen LogP contribution in [0.25, 0.3) is 0 Å².